The summed E-state index contributed by atoms with van der Waals surface area (Å²) in [6, 6.07) is 11.1. The maximum Gasteiger partial charge on any atom is 0.303 e. The molecule has 22 heavy (non-hydrogen) atoms. The van der Waals surface area contributed by atoms with Crippen LogP contribution in [0.15, 0.2) is 42.5 Å². The normalized spacial score (nSPS) is 10.0. The fourth-order valence-electron chi connectivity index (χ4n) is 2.01. The number of nitro benzene ring substituents is 1. The summed E-state index contributed by atoms with van der Waals surface area (Å²) in [4.78, 5) is 34.0. The first-order valence-corrected chi connectivity index (χ1v) is 6.36. The summed E-state index contributed by atoms with van der Waals surface area (Å²) in [5, 5.41) is 13.7. The van der Waals surface area contributed by atoms with Crippen molar-refractivity contribution in [2.24, 2.45) is 0 Å². The minimum atomic E-state index is -0.759. The maximum atomic E-state index is 12.2. The lowest BCUT2D eigenvalue weighted by Gasteiger charge is -2.09. The van der Waals surface area contributed by atoms with Crippen LogP contribution in [0.4, 0.5) is 17.1 Å². The molecule has 0 atom stereocenters. The molecule has 7 nitrogen and oxygen atoms in total. The summed E-state index contributed by atoms with van der Waals surface area (Å²) in [5.41, 5.74) is 5.20. The number of nitrogens with zero attached hydrogens (tertiary/aromatic N) is 1. The summed E-state index contributed by atoms with van der Waals surface area (Å²) in [7, 11) is 0. The molecule has 0 bridgehead atoms. The first kappa shape index (κ1) is 15.2. The van der Waals surface area contributed by atoms with Crippen LogP contribution in [0.25, 0.3) is 0 Å². The molecule has 2 aromatic carbocycles. The van der Waals surface area contributed by atoms with Crippen LogP contribution in [-0.4, -0.2) is 16.6 Å². The second kappa shape index (κ2) is 6.04. The first-order valence-electron chi connectivity index (χ1n) is 6.36. The molecule has 1 amide bonds. The summed E-state index contributed by atoms with van der Waals surface area (Å²) >= 11 is 0. The number of hydrogen-bond donors (Lipinski definition) is 2. The van der Waals surface area contributed by atoms with E-state index in [0.29, 0.717) is 5.69 Å². The number of rotatable bonds is 4. The molecule has 0 aliphatic heterocycles. The molecule has 112 valence electrons. The highest BCUT2D eigenvalue weighted by Crippen LogP contribution is 2.30. The number of nitro groups is 1. The molecular weight excluding hydrogens is 286 g/mol. The molecule has 0 aliphatic carbocycles. The zero-order valence-electron chi connectivity index (χ0n) is 11.7. The van der Waals surface area contributed by atoms with Gasteiger partial charge in [0.15, 0.2) is 5.78 Å². The Morgan fingerprint density at radius 3 is 2.23 bits per heavy atom. The standard InChI is InChI=1S/C15H13N3O4/c1-9(19)11-7-8-12(13(16)14(11)18(21)22)15(20)17-10-5-3-2-4-6-10/h2-8H,16H2,1H3,(H,17,20). The summed E-state index contributed by atoms with van der Waals surface area (Å²) in [6.07, 6.45) is 0. The molecular formula is C15H13N3O4. The molecule has 0 saturated heterocycles. The van der Waals surface area contributed by atoms with E-state index in [2.05, 4.69) is 5.32 Å². The van der Waals surface area contributed by atoms with E-state index in [-0.39, 0.29) is 16.8 Å². The summed E-state index contributed by atoms with van der Waals surface area (Å²) in [5.74, 6) is -1.07. The van der Waals surface area contributed by atoms with Crippen molar-refractivity contribution in [3.8, 4) is 0 Å². The number of carbonyl (C=O) groups excluding carboxylic acids is 2. The molecule has 0 heterocycles. The molecule has 7 heteroatoms. The Labute approximate surface area is 125 Å². The average molecular weight is 299 g/mol. The highest BCUT2D eigenvalue weighted by Gasteiger charge is 2.26. The van der Waals surface area contributed by atoms with Crippen molar-refractivity contribution in [2.75, 3.05) is 11.1 Å². The van der Waals surface area contributed by atoms with Gasteiger partial charge in [-0.25, -0.2) is 0 Å². The van der Waals surface area contributed by atoms with Crippen LogP contribution in [0.1, 0.15) is 27.6 Å². The zero-order valence-corrected chi connectivity index (χ0v) is 11.7. The van der Waals surface area contributed by atoms with Crippen molar-refractivity contribution >= 4 is 28.8 Å². The van der Waals surface area contributed by atoms with E-state index in [1.807, 2.05) is 0 Å². The van der Waals surface area contributed by atoms with E-state index < -0.39 is 22.3 Å². The minimum absolute atomic E-state index is 0.0550. The van der Waals surface area contributed by atoms with Crippen LogP contribution in [0.2, 0.25) is 0 Å². The van der Waals surface area contributed by atoms with Crippen molar-refractivity contribution in [3.05, 3.63) is 63.7 Å². The van der Waals surface area contributed by atoms with E-state index in [1.54, 1.807) is 30.3 Å². The molecule has 0 spiro atoms. The van der Waals surface area contributed by atoms with Gasteiger partial charge in [-0.1, -0.05) is 18.2 Å². The Hall–Kier alpha value is -3.22. The highest BCUT2D eigenvalue weighted by molar-refractivity contribution is 6.11. The quantitative estimate of drug-likeness (QED) is 0.389. The SMILES string of the molecule is CC(=O)c1ccc(C(=O)Nc2ccccc2)c(N)c1[N+](=O)[O-]. The van der Waals surface area contributed by atoms with Crippen LogP contribution in [0, 0.1) is 10.1 Å². The number of anilines is 2. The third kappa shape index (κ3) is 2.93. The average Bonchev–Trinajstić information content (AvgIpc) is 2.47. The van der Waals surface area contributed by atoms with Gasteiger partial charge < -0.3 is 11.1 Å². The van der Waals surface area contributed by atoms with Crippen molar-refractivity contribution in [2.45, 2.75) is 6.92 Å². The lowest BCUT2D eigenvalue weighted by atomic mass is 10.0. The van der Waals surface area contributed by atoms with Gasteiger partial charge in [0, 0.05) is 5.69 Å². The second-order valence-corrected chi connectivity index (χ2v) is 4.56. The summed E-state index contributed by atoms with van der Waals surface area (Å²) < 4.78 is 0. The number of para-hydroxylation sites is 1. The van der Waals surface area contributed by atoms with Crippen LogP contribution in [-0.2, 0) is 0 Å². The number of carbonyl (C=O) groups is 2. The second-order valence-electron chi connectivity index (χ2n) is 4.56. The van der Waals surface area contributed by atoms with Crippen molar-refractivity contribution in [1.82, 2.24) is 0 Å². The van der Waals surface area contributed by atoms with Crippen molar-refractivity contribution in [1.29, 1.82) is 0 Å². The number of nitrogen functional groups attached to an aromatic ring is 1. The number of nitrogens with one attached hydrogen (secondary N) is 1. The van der Waals surface area contributed by atoms with E-state index in [0.717, 1.165) is 0 Å². The van der Waals surface area contributed by atoms with Crippen molar-refractivity contribution < 1.29 is 14.5 Å². The molecule has 0 radical (unpaired) electrons. The fourth-order valence-corrected chi connectivity index (χ4v) is 2.01. The number of hydrogen-bond acceptors (Lipinski definition) is 5. The van der Waals surface area contributed by atoms with Gasteiger partial charge in [-0.05, 0) is 31.2 Å². The van der Waals surface area contributed by atoms with E-state index in [9.17, 15) is 19.7 Å². The monoisotopic (exact) mass is 299 g/mol. The lowest BCUT2D eigenvalue weighted by Crippen LogP contribution is -2.16. The van der Waals surface area contributed by atoms with Crippen molar-refractivity contribution in [3.63, 3.8) is 0 Å². The predicted molar refractivity (Wildman–Crippen MR) is 81.9 cm³/mol. The third-order valence-electron chi connectivity index (χ3n) is 3.06. The first-order chi connectivity index (χ1) is 10.4. The predicted octanol–water partition coefficient (Wildman–Crippen LogP) is 2.63. The molecule has 2 rings (SSSR count). The van der Waals surface area contributed by atoms with Gasteiger partial charge in [0.2, 0.25) is 0 Å². The zero-order chi connectivity index (χ0) is 16.3. The highest BCUT2D eigenvalue weighted by atomic mass is 16.6. The van der Waals surface area contributed by atoms with Crippen LogP contribution >= 0.6 is 0 Å². The van der Waals surface area contributed by atoms with E-state index >= 15 is 0 Å². The number of benzene rings is 2. The molecule has 3 N–H and O–H groups in total. The molecule has 0 aliphatic rings. The molecule has 2 aromatic rings. The van der Waals surface area contributed by atoms with Gasteiger partial charge >= 0.3 is 5.69 Å². The fraction of sp³-hybridized carbons (Fsp3) is 0.0667. The van der Waals surface area contributed by atoms with Gasteiger partial charge in [0.05, 0.1) is 16.1 Å². The Bertz CT molecular complexity index is 757. The van der Waals surface area contributed by atoms with Gasteiger partial charge in [-0.3, -0.25) is 19.7 Å². The Balaban J connectivity index is 2.44. The Morgan fingerprint density at radius 1 is 1.09 bits per heavy atom. The van der Waals surface area contributed by atoms with Gasteiger partial charge in [0.25, 0.3) is 5.91 Å². The maximum absolute atomic E-state index is 12.2. The molecule has 0 aromatic heterocycles. The number of amides is 1. The van der Waals surface area contributed by atoms with E-state index in [1.165, 1.54) is 19.1 Å². The largest absolute Gasteiger partial charge is 0.392 e. The third-order valence-corrected chi connectivity index (χ3v) is 3.06. The Morgan fingerprint density at radius 2 is 1.68 bits per heavy atom. The van der Waals surface area contributed by atoms with Gasteiger partial charge in [0.1, 0.15) is 5.69 Å². The van der Waals surface area contributed by atoms with Crippen LogP contribution < -0.4 is 11.1 Å². The molecule has 0 fully saturated rings. The molecule has 0 unspecified atom stereocenters. The number of nitrogens with two attached hydrogens (primary N) is 1. The number of Topliss-reactive ketones (excluding diaryl/α,β-unsaturated/α-hetero) is 1. The van der Waals surface area contributed by atoms with Crippen LogP contribution in [0.3, 0.4) is 0 Å². The summed E-state index contributed by atoms with van der Waals surface area (Å²) in [6.45, 7) is 1.20. The topological polar surface area (TPSA) is 115 Å². The molecule has 0 saturated carbocycles. The van der Waals surface area contributed by atoms with E-state index in [4.69, 9.17) is 5.73 Å². The van der Waals surface area contributed by atoms with Gasteiger partial charge in [-0.2, -0.15) is 0 Å². The Kier molecular flexibility index (Phi) is 4.17. The smallest absolute Gasteiger partial charge is 0.303 e. The number of ketones is 1. The minimum Gasteiger partial charge on any atom is -0.392 e. The van der Waals surface area contributed by atoms with Crippen LogP contribution in [0.5, 0.6) is 0 Å². The lowest BCUT2D eigenvalue weighted by molar-refractivity contribution is -0.384. The van der Waals surface area contributed by atoms with Gasteiger partial charge in [-0.15, -0.1) is 0 Å².